The van der Waals surface area contributed by atoms with Crippen molar-refractivity contribution in [3.63, 3.8) is 0 Å². The highest BCUT2D eigenvalue weighted by atomic mass is 19.3. The number of carbonyl (C=O) groups excluding carboxylic acids is 3. The summed E-state index contributed by atoms with van der Waals surface area (Å²) < 4.78 is 33.3. The third-order valence-electron chi connectivity index (χ3n) is 4.25. The SMILES string of the molecule is Cc1cc(C)c(NC(=O)CNC(=O)COC(=O)/C=C/c2ccc(OC(F)F)cc2)c(C)c1. The van der Waals surface area contributed by atoms with Crippen molar-refractivity contribution in [2.24, 2.45) is 0 Å². The van der Waals surface area contributed by atoms with Gasteiger partial charge in [0.1, 0.15) is 5.75 Å². The van der Waals surface area contributed by atoms with Crippen LogP contribution in [0.4, 0.5) is 14.5 Å². The zero-order valence-corrected chi connectivity index (χ0v) is 17.9. The van der Waals surface area contributed by atoms with Crippen LogP contribution in [0.5, 0.6) is 5.75 Å². The van der Waals surface area contributed by atoms with Crippen LogP contribution in [-0.4, -0.2) is 37.5 Å². The first kappa shape index (κ1) is 24.5. The maximum Gasteiger partial charge on any atom is 0.387 e. The molecule has 0 saturated carbocycles. The monoisotopic (exact) mass is 446 g/mol. The second kappa shape index (κ2) is 11.6. The third kappa shape index (κ3) is 8.17. The second-order valence-electron chi connectivity index (χ2n) is 6.99. The molecule has 170 valence electrons. The molecule has 2 N–H and O–H groups in total. The zero-order valence-electron chi connectivity index (χ0n) is 17.9. The molecule has 0 saturated heterocycles. The number of rotatable bonds is 9. The maximum atomic E-state index is 12.1. The van der Waals surface area contributed by atoms with Crippen LogP contribution in [0, 0.1) is 20.8 Å². The van der Waals surface area contributed by atoms with Gasteiger partial charge in [0.2, 0.25) is 5.91 Å². The number of alkyl halides is 2. The Morgan fingerprint density at radius 1 is 1.00 bits per heavy atom. The van der Waals surface area contributed by atoms with Crippen LogP contribution in [0.3, 0.4) is 0 Å². The third-order valence-corrected chi connectivity index (χ3v) is 4.25. The number of anilines is 1. The number of hydrogen-bond acceptors (Lipinski definition) is 5. The van der Waals surface area contributed by atoms with Crippen molar-refractivity contribution >= 4 is 29.5 Å². The molecule has 0 radical (unpaired) electrons. The van der Waals surface area contributed by atoms with Gasteiger partial charge in [0.05, 0.1) is 6.54 Å². The molecule has 0 aliphatic heterocycles. The average molecular weight is 446 g/mol. The van der Waals surface area contributed by atoms with Crippen molar-refractivity contribution in [2.45, 2.75) is 27.4 Å². The van der Waals surface area contributed by atoms with Gasteiger partial charge in [0.15, 0.2) is 6.61 Å². The molecule has 0 bridgehead atoms. The van der Waals surface area contributed by atoms with Gasteiger partial charge < -0.3 is 20.1 Å². The van der Waals surface area contributed by atoms with Crippen LogP contribution >= 0.6 is 0 Å². The lowest BCUT2D eigenvalue weighted by atomic mass is 10.1. The molecule has 0 atom stereocenters. The Hall–Kier alpha value is -3.75. The van der Waals surface area contributed by atoms with Crippen LogP contribution in [0.15, 0.2) is 42.5 Å². The number of ether oxygens (including phenoxy) is 2. The van der Waals surface area contributed by atoms with Crippen LogP contribution in [-0.2, 0) is 19.1 Å². The fourth-order valence-electron chi connectivity index (χ4n) is 2.90. The van der Waals surface area contributed by atoms with E-state index in [2.05, 4.69) is 15.4 Å². The highest BCUT2D eigenvalue weighted by molar-refractivity contribution is 5.96. The lowest BCUT2D eigenvalue weighted by molar-refractivity contribution is -0.143. The van der Waals surface area contributed by atoms with Gasteiger partial charge in [-0.25, -0.2) is 4.79 Å². The summed E-state index contributed by atoms with van der Waals surface area (Å²) in [6.07, 6.45) is 2.48. The summed E-state index contributed by atoms with van der Waals surface area (Å²) in [6.45, 7) is 1.98. The molecule has 0 aliphatic rings. The van der Waals surface area contributed by atoms with E-state index in [4.69, 9.17) is 4.74 Å². The van der Waals surface area contributed by atoms with Crippen molar-refractivity contribution < 1.29 is 32.6 Å². The van der Waals surface area contributed by atoms with E-state index in [1.807, 2.05) is 32.9 Å². The van der Waals surface area contributed by atoms with Crippen molar-refractivity contribution in [3.05, 3.63) is 64.7 Å². The van der Waals surface area contributed by atoms with Gasteiger partial charge in [-0.15, -0.1) is 0 Å². The minimum atomic E-state index is -2.92. The van der Waals surface area contributed by atoms with Crippen molar-refractivity contribution in [1.29, 1.82) is 0 Å². The van der Waals surface area contributed by atoms with Gasteiger partial charge >= 0.3 is 12.6 Å². The highest BCUT2D eigenvalue weighted by Crippen LogP contribution is 2.21. The Balaban J connectivity index is 1.74. The largest absolute Gasteiger partial charge is 0.452 e. The van der Waals surface area contributed by atoms with E-state index in [9.17, 15) is 23.2 Å². The molecule has 2 rings (SSSR count). The van der Waals surface area contributed by atoms with E-state index in [0.29, 0.717) is 11.3 Å². The first-order valence-electron chi connectivity index (χ1n) is 9.68. The molecule has 0 aromatic heterocycles. The number of carbonyl (C=O) groups is 3. The smallest absolute Gasteiger partial charge is 0.387 e. The van der Waals surface area contributed by atoms with Crippen molar-refractivity contribution in [3.8, 4) is 5.75 Å². The van der Waals surface area contributed by atoms with Crippen LogP contribution in [0.2, 0.25) is 0 Å². The topological polar surface area (TPSA) is 93.7 Å². The standard InChI is InChI=1S/C23H24F2N2O5/c1-14-10-15(2)22(16(3)11-14)27-19(28)12-26-20(29)13-31-21(30)9-6-17-4-7-18(8-5-17)32-23(24)25/h4-11,23H,12-13H2,1-3H3,(H,26,29)(H,27,28)/b9-6+. The molecule has 2 amide bonds. The summed E-state index contributed by atoms with van der Waals surface area (Å²) in [6, 6.07) is 9.50. The summed E-state index contributed by atoms with van der Waals surface area (Å²) in [5.41, 5.74) is 4.16. The van der Waals surface area contributed by atoms with Gasteiger partial charge in [-0.2, -0.15) is 8.78 Å². The van der Waals surface area contributed by atoms with E-state index in [1.54, 1.807) is 0 Å². The Bertz CT molecular complexity index is 981. The summed E-state index contributed by atoms with van der Waals surface area (Å²) in [7, 11) is 0. The summed E-state index contributed by atoms with van der Waals surface area (Å²) in [4.78, 5) is 35.6. The Kier molecular flexibility index (Phi) is 8.88. The summed E-state index contributed by atoms with van der Waals surface area (Å²) in [5, 5.41) is 5.13. The maximum absolute atomic E-state index is 12.1. The molecule has 0 spiro atoms. The molecule has 2 aromatic rings. The average Bonchev–Trinajstić information content (AvgIpc) is 2.72. The van der Waals surface area contributed by atoms with E-state index in [0.717, 1.165) is 22.8 Å². The van der Waals surface area contributed by atoms with E-state index in [-0.39, 0.29) is 12.3 Å². The second-order valence-corrected chi connectivity index (χ2v) is 6.99. The number of hydrogen-bond donors (Lipinski definition) is 2. The van der Waals surface area contributed by atoms with Gasteiger partial charge in [-0.05, 0) is 55.7 Å². The minimum absolute atomic E-state index is 0.00636. The predicted octanol–water partition coefficient (Wildman–Crippen LogP) is 3.52. The number of benzene rings is 2. The highest BCUT2D eigenvalue weighted by Gasteiger charge is 2.11. The first-order valence-corrected chi connectivity index (χ1v) is 9.68. The molecule has 2 aromatic carbocycles. The predicted molar refractivity (Wildman–Crippen MR) is 115 cm³/mol. The molecule has 0 unspecified atom stereocenters. The number of amides is 2. The number of aryl methyl sites for hydroxylation is 3. The van der Waals surface area contributed by atoms with Gasteiger partial charge in [-0.3, -0.25) is 9.59 Å². The Labute approximate surface area is 184 Å². The van der Waals surface area contributed by atoms with Crippen molar-refractivity contribution in [2.75, 3.05) is 18.5 Å². The number of esters is 1. The summed E-state index contributed by atoms with van der Waals surface area (Å²) >= 11 is 0. The van der Waals surface area contributed by atoms with Gasteiger partial charge in [0, 0.05) is 11.8 Å². The molecule has 0 heterocycles. The molecule has 7 nitrogen and oxygen atoms in total. The molecule has 32 heavy (non-hydrogen) atoms. The normalized spacial score (nSPS) is 10.8. The Morgan fingerprint density at radius 3 is 2.22 bits per heavy atom. The Morgan fingerprint density at radius 2 is 1.62 bits per heavy atom. The van der Waals surface area contributed by atoms with Crippen molar-refractivity contribution in [1.82, 2.24) is 5.32 Å². The molecular weight excluding hydrogens is 422 g/mol. The van der Waals surface area contributed by atoms with Crippen LogP contribution in [0.1, 0.15) is 22.3 Å². The number of nitrogens with one attached hydrogen (secondary N) is 2. The quantitative estimate of drug-likeness (QED) is 0.454. The summed E-state index contributed by atoms with van der Waals surface area (Å²) in [5.74, 6) is -1.82. The van der Waals surface area contributed by atoms with Gasteiger partial charge in [0.25, 0.3) is 5.91 Å². The lowest BCUT2D eigenvalue weighted by Gasteiger charge is -2.13. The van der Waals surface area contributed by atoms with Crippen LogP contribution < -0.4 is 15.4 Å². The van der Waals surface area contributed by atoms with E-state index >= 15 is 0 Å². The molecule has 0 fully saturated rings. The molecular formula is C23H24F2N2O5. The van der Waals surface area contributed by atoms with E-state index < -0.39 is 31.0 Å². The van der Waals surface area contributed by atoms with Crippen LogP contribution in [0.25, 0.3) is 6.08 Å². The molecule has 9 heteroatoms. The fourth-order valence-corrected chi connectivity index (χ4v) is 2.90. The first-order chi connectivity index (χ1) is 15.1. The zero-order chi connectivity index (χ0) is 23.7. The van der Waals surface area contributed by atoms with Gasteiger partial charge in [-0.1, -0.05) is 29.8 Å². The number of halogens is 2. The molecule has 0 aliphatic carbocycles. The minimum Gasteiger partial charge on any atom is -0.452 e. The lowest BCUT2D eigenvalue weighted by Crippen LogP contribution is -2.35. The van der Waals surface area contributed by atoms with E-state index in [1.165, 1.54) is 30.3 Å². The fraction of sp³-hybridized carbons (Fsp3) is 0.261.